The molecule has 0 amide bonds. The maximum absolute atomic E-state index is 9.40. The molecule has 0 saturated carbocycles. The zero-order chi connectivity index (χ0) is 14.7. The molecule has 102 valence electrons. The van der Waals surface area contributed by atoms with E-state index in [4.69, 9.17) is 46.4 Å². The molecule has 0 aliphatic rings. The predicted molar refractivity (Wildman–Crippen MR) is 85.0 cm³/mol. The van der Waals surface area contributed by atoms with E-state index in [9.17, 15) is 5.26 Å². The predicted octanol–water partition coefficient (Wildman–Crippen LogP) is 6.15. The summed E-state index contributed by atoms with van der Waals surface area (Å²) in [6.07, 6.45) is 0.427. The van der Waals surface area contributed by atoms with Crippen LogP contribution < -0.4 is 0 Å². The highest BCUT2D eigenvalue weighted by molar-refractivity contribution is 6.36. The van der Waals surface area contributed by atoms with E-state index in [1.54, 1.807) is 36.4 Å². The second-order valence-corrected chi connectivity index (χ2v) is 5.91. The lowest BCUT2D eigenvalue weighted by atomic mass is 9.93. The first-order valence-electron chi connectivity index (χ1n) is 5.80. The molecule has 0 spiro atoms. The highest BCUT2D eigenvalue weighted by Gasteiger charge is 2.19. The van der Waals surface area contributed by atoms with Crippen molar-refractivity contribution < 1.29 is 0 Å². The van der Waals surface area contributed by atoms with Gasteiger partial charge in [0.25, 0.3) is 0 Å². The molecule has 5 heteroatoms. The van der Waals surface area contributed by atoms with Crippen LogP contribution in [0.3, 0.4) is 0 Å². The third-order valence-electron chi connectivity index (χ3n) is 2.94. The van der Waals surface area contributed by atoms with Crippen LogP contribution in [0.5, 0.6) is 0 Å². The Balaban J connectivity index is 2.37. The van der Waals surface area contributed by atoms with Crippen LogP contribution in [0, 0.1) is 11.3 Å². The minimum absolute atomic E-state index is 0.427. The van der Waals surface area contributed by atoms with Crippen LogP contribution in [0.4, 0.5) is 0 Å². The third-order valence-corrected chi connectivity index (χ3v) is 4.19. The lowest BCUT2D eigenvalue weighted by molar-refractivity contribution is 0.850. The first-order valence-corrected chi connectivity index (χ1v) is 7.31. The molecule has 20 heavy (non-hydrogen) atoms. The first kappa shape index (κ1) is 15.5. The molecule has 0 saturated heterocycles. The van der Waals surface area contributed by atoms with E-state index >= 15 is 0 Å². The van der Waals surface area contributed by atoms with Crippen molar-refractivity contribution >= 4 is 46.4 Å². The molecule has 2 rings (SSSR count). The summed E-state index contributed by atoms with van der Waals surface area (Å²) in [5, 5.41) is 11.4. The summed E-state index contributed by atoms with van der Waals surface area (Å²) in [7, 11) is 0. The van der Waals surface area contributed by atoms with Gasteiger partial charge in [-0.15, -0.1) is 0 Å². The molecule has 0 aromatic heterocycles. The molecular formula is C15H9Cl4N. The van der Waals surface area contributed by atoms with Crippen molar-refractivity contribution in [2.24, 2.45) is 0 Å². The van der Waals surface area contributed by atoms with Crippen molar-refractivity contribution in [2.75, 3.05) is 0 Å². The van der Waals surface area contributed by atoms with Crippen molar-refractivity contribution in [3.63, 3.8) is 0 Å². The Morgan fingerprint density at radius 3 is 2.15 bits per heavy atom. The number of halogens is 4. The van der Waals surface area contributed by atoms with Crippen LogP contribution in [0.1, 0.15) is 17.0 Å². The molecule has 2 aromatic carbocycles. The van der Waals surface area contributed by atoms with Gasteiger partial charge in [-0.2, -0.15) is 5.26 Å². The molecule has 0 radical (unpaired) electrons. The highest BCUT2D eigenvalue weighted by Crippen LogP contribution is 2.34. The quantitative estimate of drug-likeness (QED) is 0.655. The van der Waals surface area contributed by atoms with Gasteiger partial charge in [-0.3, -0.25) is 0 Å². The van der Waals surface area contributed by atoms with E-state index in [1.165, 1.54) is 0 Å². The van der Waals surface area contributed by atoms with Crippen molar-refractivity contribution in [1.29, 1.82) is 5.26 Å². The molecule has 1 nitrogen and oxygen atoms in total. The minimum Gasteiger partial charge on any atom is -0.198 e. The molecule has 0 aliphatic carbocycles. The summed E-state index contributed by atoms with van der Waals surface area (Å²) < 4.78 is 0. The second-order valence-electron chi connectivity index (χ2n) is 4.26. The average molecular weight is 345 g/mol. The van der Waals surface area contributed by atoms with Gasteiger partial charge < -0.3 is 0 Å². The molecule has 0 N–H and O–H groups in total. The molecule has 0 aliphatic heterocycles. The molecule has 0 heterocycles. The molecular weight excluding hydrogens is 336 g/mol. The Bertz CT molecular complexity index is 656. The average Bonchev–Trinajstić information content (AvgIpc) is 2.39. The SMILES string of the molecule is N#CC(Cc1ccc(Cl)cc1Cl)c1c(Cl)cccc1Cl. The van der Waals surface area contributed by atoms with Crippen LogP contribution >= 0.6 is 46.4 Å². The van der Waals surface area contributed by atoms with Gasteiger partial charge in [0.2, 0.25) is 0 Å². The highest BCUT2D eigenvalue weighted by atomic mass is 35.5. The first-order chi connectivity index (χ1) is 9.52. The van der Waals surface area contributed by atoms with Gasteiger partial charge >= 0.3 is 0 Å². The van der Waals surface area contributed by atoms with Crippen LogP contribution in [-0.4, -0.2) is 0 Å². The van der Waals surface area contributed by atoms with E-state index in [1.807, 2.05) is 0 Å². The number of nitrogens with zero attached hydrogens (tertiary/aromatic N) is 1. The normalized spacial score (nSPS) is 11.9. The van der Waals surface area contributed by atoms with Gasteiger partial charge in [0.05, 0.1) is 12.0 Å². The van der Waals surface area contributed by atoms with Crippen LogP contribution in [-0.2, 0) is 6.42 Å². The Morgan fingerprint density at radius 2 is 1.60 bits per heavy atom. The van der Waals surface area contributed by atoms with E-state index in [2.05, 4.69) is 6.07 Å². The zero-order valence-corrected chi connectivity index (χ0v) is 13.2. The van der Waals surface area contributed by atoms with Crippen LogP contribution in [0.25, 0.3) is 0 Å². The van der Waals surface area contributed by atoms with Crippen molar-refractivity contribution in [1.82, 2.24) is 0 Å². The smallest absolute Gasteiger partial charge is 0.0782 e. The van der Waals surface area contributed by atoms with Gasteiger partial charge in [-0.1, -0.05) is 58.5 Å². The maximum Gasteiger partial charge on any atom is 0.0782 e. The van der Waals surface area contributed by atoms with Gasteiger partial charge in [0.15, 0.2) is 0 Å². The Hall–Kier alpha value is -0.910. The Morgan fingerprint density at radius 1 is 0.950 bits per heavy atom. The standard InChI is InChI=1S/C15H9Cl4N/c16-11-5-4-9(14(19)7-11)6-10(8-20)15-12(17)2-1-3-13(15)18/h1-5,7,10H,6H2. The fraction of sp³-hybridized carbons (Fsp3) is 0.133. The third kappa shape index (κ3) is 3.40. The summed E-state index contributed by atoms with van der Waals surface area (Å²) in [6, 6.07) is 12.6. The molecule has 0 fully saturated rings. The summed E-state index contributed by atoms with van der Waals surface area (Å²) in [5.74, 6) is -0.463. The van der Waals surface area contributed by atoms with Crippen molar-refractivity contribution in [3.05, 3.63) is 67.6 Å². The fourth-order valence-electron chi connectivity index (χ4n) is 1.96. The number of benzene rings is 2. The molecule has 0 bridgehead atoms. The van der Waals surface area contributed by atoms with Crippen molar-refractivity contribution in [3.8, 4) is 6.07 Å². The Kier molecular flexibility index (Phi) is 5.18. The van der Waals surface area contributed by atoms with E-state index in [0.29, 0.717) is 32.1 Å². The lowest BCUT2D eigenvalue weighted by Crippen LogP contribution is -2.03. The van der Waals surface area contributed by atoms with E-state index in [0.717, 1.165) is 5.56 Å². The summed E-state index contributed by atoms with van der Waals surface area (Å²) in [5.41, 5.74) is 1.46. The van der Waals surface area contributed by atoms with Crippen LogP contribution in [0.15, 0.2) is 36.4 Å². The van der Waals surface area contributed by atoms with Gasteiger partial charge in [0.1, 0.15) is 0 Å². The zero-order valence-electron chi connectivity index (χ0n) is 10.2. The topological polar surface area (TPSA) is 23.8 Å². The minimum atomic E-state index is -0.463. The number of rotatable bonds is 3. The Labute approximate surface area is 137 Å². The van der Waals surface area contributed by atoms with Crippen LogP contribution in [0.2, 0.25) is 20.1 Å². The molecule has 1 atom stereocenters. The summed E-state index contributed by atoms with van der Waals surface area (Å²) in [6.45, 7) is 0. The van der Waals surface area contributed by atoms with Gasteiger partial charge in [-0.25, -0.2) is 0 Å². The number of nitriles is 1. The monoisotopic (exact) mass is 343 g/mol. The van der Waals surface area contributed by atoms with E-state index in [-0.39, 0.29) is 0 Å². The van der Waals surface area contributed by atoms with E-state index < -0.39 is 5.92 Å². The number of hydrogen-bond acceptors (Lipinski definition) is 1. The molecule has 2 aromatic rings. The largest absolute Gasteiger partial charge is 0.198 e. The van der Waals surface area contributed by atoms with Gasteiger partial charge in [-0.05, 0) is 36.2 Å². The van der Waals surface area contributed by atoms with Crippen molar-refractivity contribution in [2.45, 2.75) is 12.3 Å². The lowest BCUT2D eigenvalue weighted by Gasteiger charge is -2.14. The van der Waals surface area contributed by atoms with Gasteiger partial charge in [0, 0.05) is 25.7 Å². The maximum atomic E-state index is 9.40. The number of hydrogen-bond donors (Lipinski definition) is 0. The summed E-state index contributed by atoms with van der Waals surface area (Å²) in [4.78, 5) is 0. The fourth-order valence-corrected chi connectivity index (χ4v) is 3.11. The second kappa shape index (κ2) is 6.70. The summed E-state index contributed by atoms with van der Waals surface area (Å²) >= 11 is 24.3. The molecule has 1 unspecified atom stereocenters.